The average Bonchev–Trinajstić information content (AvgIpc) is 3.02. The molecule has 0 radical (unpaired) electrons. The summed E-state index contributed by atoms with van der Waals surface area (Å²) in [6, 6.07) is 1.76. The van der Waals surface area contributed by atoms with E-state index in [9.17, 15) is 0 Å². The average molecular weight is 195 g/mol. The van der Waals surface area contributed by atoms with Gasteiger partial charge in [-0.15, -0.1) is 0 Å². The molecule has 0 bridgehead atoms. The van der Waals surface area contributed by atoms with E-state index in [4.69, 9.17) is 14.2 Å². The molecule has 0 saturated heterocycles. The molecule has 0 spiro atoms. The van der Waals surface area contributed by atoms with Crippen LogP contribution in [0.25, 0.3) is 0 Å². The SMILES string of the molecule is COc1ccnc(OC)c1OC1CC1. The molecular weight excluding hydrogens is 182 g/mol. The van der Waals surface area contributed by atoms with Crippen LogP contribution in [0.1, 0.15) is 12.8 Å². The minimum absolute atomic E-state index is 0.307. The van der Waals surface area contributed by atoms with Gasteiger partial charge < -0.3 is 14.2 Å². The number of nitrogens with zero attached hydrogens (tertiary/aromatic N) is 1. The van der Waals surface area contributed by atoms with Crippen molar-refractivity contribution in [2.75, 3.05) is 14.2 Å². The van der Waals surface area contributed by atoms with E-state index >= 15 is 0 Å². The lowest BCUT2D eigenvalue weighted by Gasteiger charge is -2.12. The Morgan fingerprint density at radius 3 is 2.64 bits per heavy atom. The smallest absolute Gasteiger partial charge is 0.260 e. The number of hydrogen-bond acceptors (Lipinski definition) is 4. The van der Waals surface area contributed by atoms with Crippen LogP contribution in [0.15, 0.2) is 12.3 Å². The number of rotatable bonds is 4. The molecule has 0 unspecified atom stereocenters. The summed E-state index contributed by atoms with van der Waals surface area (Å²) < 4.78 is 15.9. The highest BCUT2D eigenvalue weighted by molar-refractivity contribution is 5.46. The largest absolute Gasteiger partial charge is 0.493 e. The van der Waals surface area contributed by atoms with Crippen LogP contribution in [0.2, 0.25) is 0 Å². The van der Waals surface area contributed by atoms with Gasteiger partial charge in [-0.1, -0.05) is 0 Å². The topological polar surface area (TPSA) is 40.6 Å². The Hall–Kier alpha value is -1.45. The van der Waals surface area contributed by atoms with Gasteiger partial charge in [-0.25, -0.2) is 4.98 Å². The van der Waals surface area contributed by atoms with E-state index in [1.54, 1.807) is 26.5 Å². The second kappa shape index (κ2) is 3.74. The first-order valence-electron chi connectivity index (χ1n) is 4.58. The standard InChI is InChI=1S/C10H13NO3/c1-12-8-5-6-11-10(13-2)9(8)14-7-3-4-7/h5-7H,3-4H2,1-2H3. The van der Waals surface area contributed by atoms with Crippen molar-refractivity contribution >= 4 is 0 Å². The first-order valence-corrected chi connectivity index (χ1v) is 4.58. The molecule has 0 N–H and O–H groups in total. The number of aromatic nitrogens is 1. The highest BCUT2D eigenvalue weighted by Crippen LogP contribution is 2.39. The third-order valence-electron chi connectivity index (χ3n) is 2.06. The van der Waals surface area contributed by atoms with E-state index in [1.165, 1.54) is 0 Å². The number of hydrogen-bond donors (Lipinski definition) is 0. The van der Waals surface area contributed by atoms with Crippen molar-refractivity contribution in [2.24, 2.45) is 0 Å². The van der Waals surface area contributed by atoms with Crippen molar-refractivity contribution in [1.82, 2.24) is 4.98 Å². The fourth-order valence-electron chi connectivity index (χ4n) is 1.18. The molecule has 1 heterocycles. The predicted molar refractivity (Wildman–Crippen MR) is 51.0 cm³/mol. The van der Waals surface area contributed by atoms with Gasteiger partial charge in [0.05, 0.1) is 20.3 Å². The molecule has 0 aliphatic heterocycles. The van der Waals surface area contributed by atoms with E-state index in [1.807, 2.05) is 0 Å². The van der Waals surface area contributed by atoms with Gasteiger partial charge in [-0.05, 0) is 12.8 Å². The van der Waals surface area contributed by atoms with Crippen molar-refractivity contribution in [3.05, 3.63) is 12.3 Å². The molecule has 4 nitrogen and oxygen atoms in total. The van der Waals surface area contributed by atoms with Gasteiger partial charge in [0.2, 0.25) is 5.75 Å². The van der Waals surface area contributed by atoms with Gasteiger partial charge in [0.15, 0.2) is 5.75 Å². The van der Waals surface area contributed by atoms with Crippen LogP contribution in [-0.2, 0) is 0 Å². The minimum Gasteiger partial charge on any atom is -0.493 e. The summed E-state index contributed by atoms with van der Waals surface area (Å²) in [5, 5.41) is 0. The summed E-state index contributed by atoms with van der Waals surface area (Å²) >= 11 is 0. The van der Waals surface area contributed by atoms with E-state index in [2.05, 4.69) is 4.98 Å². The molecule has 1 aliphatic carbocycles. The van der Waals surface area contributed by atoms with E-state index in [-0.39, 0.29) is 0 Å². The highest BCUT2D eigenvalue weighted by Gasteiger charge is 2.27. The summed E-state index contributed by atoms with van der Waals surface area (Å²) in [5.74, 6) is 1.76. The molecule has 2 rings (SSSR count). The molecule has 0 aromatic carbocycles. The summed E-state index contributed by atoms with van der Waals surface area (Å²) in [7, 11) is 3.18. The van der Waals surface area contributed by atoms with Crippen molar-refractivity contribution < 1.29 is 14.2 Å². The molecule has 1 aromatic rings. The van der Waals surface area contributed by atoms with E-state index < -0.39 is 0 Å². The third-order valence-corrected chi connectivity index (χ3v) is 2.06. The summed E-state index contributed by atoms with van der Waals surface area (Å²) in [6.45, 7) is 0. The van der Waals surface area contributed by atoms with Crippen LogP contribution >= 0.6 is 0 Å². The Kier molecular flexibility index (Phi) is 2.43. The maximum Gasteiger partial charge on any atom is 0.260 e. The van der Waals surface area contributed by atoms with Gasteiger partial charge >= 0.3 is 0 Å². The first-order chi connectivity index (χ1) is 6.85. The number of pyridine rings is 1. The molecule has 4 heteroatoms. The Labute approximate surface area is 82.8 Å². The van der Waals surface area contributed by atoms with Crippen LogP contribution in [0.3, 0.4) is 0 Å². The second-order valence-corrected chi connectivity index (χ2v) is 3.17. The molecule has 76 valence electrons. The monoisotopic (exact) mass is 195 g/mol. The van der Waals surface area contributed by atoms with Crippen LogP contribution in [0.5, 0.6) is 17.4 Å². The van der Waals surface area contributed by atoms with Crippen LogP contribution in [0, 0.1) is 0 Å². The normalized spacial score (nSPS) is 15.0. The maximum absolute atomic E-state index is 5.66. The van der Waals surface area contributed by atoms with Crippen molar-refractivity contribution in [2.45, 2.75) is 18.9 Å². The molecule has 1 saturated carbocycles. The lowest BCUT2D eigenvalue weighted by atomic mass is 10.4. The van der Waals surface area contributed by atoms with Crippen molar-refractivity contribution in [3.63, 3.8) is 0 Å². The first kappa shape index (κ1) is 9.12. The summed E-state index contributed by atoms with van der Waals surface area (Å²) in [6.07, 6.45) is 4.14. The molecule has 1 aromatic heterocycles. The molecule has 1 aliphatic rings. The Morgan fingerprint density at radius 2 is 2.07 bits per heavy atom. The van der Waals surface area contributed by atoms with Crippen LogP contribution in [0.4, 0.5) is 0 Å². The second-order valence-electron chi connectivity index (χ2n) is 3.17. The number of methoxy groups -OCH3 is 2. The van der Waals surface area contributed by atoms with E-state index in [0.29, 0.717) is 23.5 Å². The quantitative estimate of drug-likeness (QED) is 0.732. The predicted octanol–water partition coefficient (Wildman–Crippen LogP) is 1.64. The maximum atomic E-state index is 5.66. The third kappa shape index (κ3) is 1.73. The fraction of sp³-hybridized carbons (Fsp3) is 0.500. The Balaban J connectivity index is 2.29. The van der Waals surface area contributed by atoms with Crippen molar-refractivity contribution in [1.29, 1.82) is 0 Å². The lowest BCUT2D eigenvalue weighted by Crippen LogP contribution is -2.02. The van der Waals surface area contributed by atoms with Gasteiger partial charge in [0.25, 0.3) is 5.88 Å². The molecule has 0 amide bonds. The minimum atomic E-state index is 0.307. The Morgan fingerprint density at radius 1 is 1.29 bits per heavy atom. The molecule has 14 heavy (non-hydrogen) atoms. The van der Waals surface area contributed by atoms with Crippen LogP contribution < -0.4 is 14.2 Å². The zero-order valence-corrected chi connectivity index (χ0v) is 8.32. The molecular formula is C10H13NO3. The van der Waals surface area contributed by atoms with Gasteiger partial charge in [0.1, 0.15) is 0 Å². The highest BCUT2D eigenvalue weighted by atomic mass is 16.5. The molecule has 1 fully saturated rings. The van der Waals surface area contributed by atoms with Crippen molar-refractivity contribution in [3.8, 4) is 17.4 Å². The van der Waals surface area contributed by atoms with Gasteiger partial charge in [-0.3, -0.25) is 0 Å². The lowest BCUT2D eigenvalue weighted by molar-refractivity contribution is 0.259. The fourth-order valence-corrected chi connectivity index (χ4v) is 1.18. The zero-order valence-electron chi connectivity index (χ0n) is 8.32. The summed E-state index contributed by atoms with van der Waals surface area (Å²) in [4.78, 5) is 4.06. The van der Waals surface area contributed by atoms with Gasteiger partial charge in [-0.2, -0.15) is 0 Å². The van der Waals surface area contributed by atoms with Gasteiger partial charge in [0, 0.05) is 12.3 Å². The molecule has 0 atom stereocenters. The number of ether oxygens (including phenoxy) is 3. The summed E-state index contributed by atoms with van der Waals surface area (Å²) in [5.41, 5.74) is 0. The van der Waals surface area contributed by atoms with E-state index in [0.717, 1.165) is 12.8 Å². The zero-order chi connectivity index (χ0) is 9.97. The van der Waals surface area contributed by atoms with Crippen LogP contribution in [-0.4, -0.2) is 25.3 Å². The Bertz CT molecular complexity index is 301.